The van der Waals surface area contributed by atoms with Crippen molar-refractivity contribution in [1.29, 1.82) is 0 Å². The summed E-state index contributed by atoms with van der Waals surface area (Å²) in [6.45, 7) is -0.800. The molecule has 0 spiro atoms. The van der Waals surface area contributed by atoms with Crippen LogP contribution in [0.4, 0.5) is 22.0 Å². The van der Waals surface area contributed by atoms with Gasteiger partial charge in [-0.05, 0) is 24.6 Å². The second-order valence-corrected chi connectivity index (χ2v) is 6.07. The van der Waals surface area contributed by atoms with E-state index in [-0.39, 0.29) is 17.7 Å². The Morgan fingerprint density at radius 2 is 1.90 bits per heavy atom. The van der Waals surface area contributed by atoms with Crippen LogP contribution in [0.2, 0.25) is 0 Å². The van der Waals surface area contributed by atoms with Crippen LogP contribution in [0, 0.1) is 12.7 Å². The number of hydrogen-bond donors (Lipinski definition) is 2. The lowest BCUT2D eigenvalue weighted by Crippen LogP contribution is -2.41. The monoisotopic (exact) mass is 332 g/mol. The SMILES string of the molecule is Cc1cc(S(=O)(=O)NCC(F)(F)C(F)F)cc(CN)c1F. The van der Waals surface area contributed by atoms with Gasteiger partial charge in [0.25, 0.3) is 0 Å². The van der Waals surface area contributed by atoms with Gasteiger partial charge in [0.15, 0.2) is 0 Å². The van der Waals surface area contributed by atoms with Crippen LogP contribution in [0.1, 0.15) is 11.1 Å². The third kappa shape index (κ3) is 4.11. The molecule has 0 saturated heterocycles. The number of aryl methyl sites for hydroxylation is 1. The second-order valence-electron chi connectivity index (χ2n) is 4.30. The van der Waals surface area contributed by atoms with Crippen LogP contribution in [0.25, 0.3) is 0 Å². The maximum Gasteiger partial charge on any atom is 0.320 e. The van der Waals surface area contributed by atoms with Crippen LogP contribution in [0.5, 0.6) is 0 Å². The number of benzene rings is 1. The fraction of sp³-hybridized carbons (Fsp3) is 0.455. The predicted octanol–water partition coefficient (Wildman–Crippen LogP) is 1.77. The molecule has 1 aromatic carbocycles. The fourth-order valence-electron chi connectivity index (χ4n) is 1.46. The Morgan fingerprint density at radius 3 is 2.38 bits per heavy atom. The maximum atomic E-state index is 13.5. The van der Waals surface area contributed by atoms with Crippen molar-refractivity contribution in [1.82, 2.24) is 4.72 Å². The molecule has 0 heterocycles. The zero-order chi connectivity index (χ0) is 16.4. The van der Waals surface area contributed by atoms with Gasteiger partial charge in [0, 0.05) is 12.1 Å². The van der Waals surface area contributed by atoms with Crippen molar-refractivity contribution in [2.75, 3.05) is 6.54 Å². The van der Waals surface area contributed by atoms with E-state index in [1.54, 1.807) is 0 Å². The standard InChI is InChI=1S/C11H13F5N2O2S/c1-6-2-8(3-7(4-17)9(6)12)21(19,20)18-5-11(15,16)10(13)14/h2-3,10,18H,4-5,17H2,1H3. The van der Waals surface area contributed by atoms with Gasteiger partial charge in [-0.3, -0.25) is 0 Å². The highest BCUT2D eigenvalue weighted by Gasteiger charge is 2.41. The number of nitrogens with one attached hydrogen (secondary N) is 1. The average molecular weight is 332 g/mol. The maximum absolute atomic E-state index is 13.5. The van der Waals surface area contributed by atoms with E-state index in [0.717, 1.165) is 12.1 Å². The Morgan fingerprint density at radius 1 is 1.33 bits per heavy atom. The van der Waals surface area contributed by atoms with Gasteiger partial charge < -0.3 is 5.73 Å². The zero-order valence-corrected chi connectivity index (χ0v) is 11.7. The molecule has 1 aromatic rings. The van der Waals surface area contributed by atoms with Crippen LogP contribution in [-0.2, 0) is 16.6 Å². The highest BCUT2D eigenvalue weighted by Crippen LogP contribution is 2.23. The minimum absolute atomic E-state index is 0.0565. The molecule has 21 heavy (non-hydrogen) atoms. The molecular weight excluding hydrogens is 319 g/mol. The number of nitrogens with two attached hydrogens (primary N) is 1. The van der Waals surface area contributed by atoms with Crippen molar-refractivity contribution in [3.63, 3.8) is 0 Å². The fourth-order valence-corrected chi connectivity index (χ4v) is 2.64. The molecular formula is C11H13F5N2O2S. The molecule has 0 aliphatic rings. The molecule has 120 valence electrons. The highest BCUT2D eigenvalue weighted by atomic mass is 32.2. The van der Waals surface area contributed by atoms with Gasteiger partial charge in [-0.15, -0.1) is 0 Å². The summed E-state index contributed by atoms with van der Waals surface area (Å²) >= 11 is 0. The van der Waals surface area contributed by atoms with E-state index in [9.17, 15) is 30.4 Å². The molecule has 3 N–H and O–H groups in total. The molecule has 10 heteroatoms. The smallest absolute Gasteiger partial charge is 0.320 e. The Kier molecular flexibility index (Phi) is 5.29. The molecule has 0 radical (unpaired) electrons. The van der Waals surface area contributed by atoms with E-state index in [0.29, 0.717) is 0 Å². The normalized spacial score (nSPS) is 13.0. The lowest BCUT2D eigenvalue weighted by Gasteiger charge is -2.16. The van der Waals surface area contributed by atoms with Crippen molar-refractivity contribution in [3.8, 4) is 0 Å². The van der Waals surface area contributed by atoms with E-state index in [4.69, 9.17) is 5.73 Å². The first-order valence-electron chi connectivity index (χ1n) is 5.66. The van der Waals surface area contributed by atoms with Gasteiger partial charge in [0.1, 0.15) is 5.82 Å². The van der Waals surface area contributed by atoms with E-state index in [1.165, 1.54) is 11.6 Å². The summed E-state index contributed by atoms with van der Waals surface area (Å²) < 4.78 is 87.9. The topological polar surface area (TPSA) is 72.2 Å². The van der Waals surface area contributed by atoms with Crippen LogP contribution in [-0.4, -0.2) is 27.3 Å². The molecule has 0 fully saturated rings. The minimum atomic E-state index is -4.50. The van der Waals surface area contributed by atoms with Crippen LogP contribution >= 0.6 is 0 Å². The molecule has 0 aliphatic carbocycles. The third-order valence-electron chi connectivity index (χ3n) is 2.65. The van der Waals surface area contributed by atoms with Crippen molar-refractivity contribution in [2.24, 2.45) is 5.73 Å². The summed E-state index contributed by atoms with van der Waals surface area (Å²) in [5, 5.41) is 0. The predicted molar refractivity (Wildman–Crippen MR) is 65.2 cm³/mol. The van der Waals surface area contributed by atoms with Crippen molar-refractivity contribution >= 4 is 10.0 Å². The first-order chi connectivity index (χ1) is 9.51. The Balaban J connectivity index is 3.07. The van der Waals surface area contributed by atoms with Gasteiger partial charge in [-0.2, -0.15) is 8.78 Å². The van der Waals surface area contributed by atoms with E-state index in [2.05, 4.69) is 0 Å². The summed E-state index contributed by atoms with van der Waals surface area (Å²) in [4.78, 5) is -0.521. The molecule has 0 bridgehead atoms. The van der Waals surface area contributed by atoms with Gasteiger partial charge in [-0.1, -0.05) is 0 Å². The Bertz CT molecular complexity index is 619. The van der Waals surface area contributed by atoms with Crippen LogP contribution in [0.15, 0.2) is 17.0 Å². The third-order valence-corrected chi connectivity index (χ3v) is 4.03. The zero-order valence-electron chi connectivity index (χ0n) is 10.8. The van der Waals surface area contributed by atoms with Gasteiger partial charge in [0.2, 0.25) is 10.0 Å². The second kappa shape index (κ2) is 6.24. The minimum Gasteiger partial charge on any atom is -0.326 e. The number of rotatable bonds is 6. The van der Waals surface area contributed by atoms with E-state index in [1.807, 2.05) is 0 Å². The quantitative estimate of drug-likeness (QED) is 0.780. The number of alkyl halides is 4. The Hall–Kier alpha value is -1.26. The van der Waals surface area contributed by atoms with Gasteiger partial charge >= 0.3 is 12.3 Å². The number of sulfonamides is 1. The molecule has 0 saturated carbocycles. The molecule has 1 rings (SSSR count). The van der Waals surface area contributed by atoms with Crippen LogP contribution in [0.3, 0.4) is 0 Å². The van der Waals surface area contributed by atoms with Crippen molar-refractivity contribution < 1.29 is 30.4 Å². The first kappa shape index (κ1) is 17.8. The van der Waals surface area contributed by atoms with Gasteiger partial charge in [0.05, 0.1) is 11.4 Å². The average Bonchev–Trinajstić information content (AvgIpc) is 2.39. The summed E-state index contributed by atoms with van der Waals surface area (Å²) in [5.74, 6) is -5.21. The van der Waals surface area contributed by atoms with Crippen LogP contribution < -0.4 is 10.5 Å². The van der Waals surface area contributed by atoms with Crippen molar-refractivity contribution in [3.05, 3.63) is 29.1 Å². The molecule has 0 aromatic heterocycles. The Labute approximate surface area is 118 Å². The number of halogens is 5. The van der Waals surface area contributed by atoms with E-state index >= 15 is 0 Å². The molecule has 0 aliphatic heterocycles. The van der Waals surface area contributed by atoms with E-state index < -0.39 is 39.6 Å². The molecule has 0 unspecified atom stereocenters. The summed E-state index contributed by atoms with van der Waals surface area (Å²) in [6, 6.07) is 1.77. The molecule has 0 amide bonds. The molecule has 4 nitrogen and oxygen atoms in total. The number of hydrogen-bond acceptors (Lipinski definition) is 3. The molecule has 0 atom stereocenters. The van der Waals surface area contributed by atoms with Crippen molar-refractivity contribution in [2.45, 2.75) is 30.7 Å². The lowest BCUT2D eigenvalue weighted by atomic mass is 10.1. The summed E-state index contributed by atoms with van der Waals surface area (Å²) in [6.07, 6.45) is -4.00. The summed E-state index contributed by atoms with van der Waals surface area (Å²) in [7, 11) is -4.48. The lowest BCUT2D eigenvalue weighted by molar-refractivity contribution is -0.122. The highest BCUT2D eigenvalue weighted by molar-refractivity contribution is 7.89. The largest absolute Gasteiger partial charge is 0.326 e. The first-order valence-corrected chi connectivity index (χ1v) is 7.14. The van der Waals surface area contributed by atoms with Gasteiger partial charge in [-0.25, -0.2) is 26.3 Å². The summed E-state index contributed by atoms with van der Waals surface area (Å²) in [5.41, 5.74) is 5.06.